The number of fused-ring (bicyclic) bond motifs is 1. The quantitative estimate of drug-likeness (QED) is 0.604. The Kier molecular flexibility index (Phi) is 2.88. The maximum Gasteiger partial charge on any atom is 0.265 e. The molecule has 0 saturated carbocycles. The number of oxazole rings is 1. The van der Waals surface area contributed by atoms with Crippen LogP contribution in [-0.4, -0.2) is 16.6 Å². The van der Waals surface area contributed by atoms with E-state index in [4.69, 9.17) is 21.3 Å². The van der Waals surface area contributed by atoms with Gasteiger partial charge in [-0.05, 0) is 11.6 Å². The van der Waals surface area contributed by atoms with Gasteiger partial charge in [0.05, 0.1) is 18.4 Å². The molecule has 0 aliphatic heterocycles. The van der Waals surface area contributed by atoms with Gasteiger partial charge >= 0.3 is 0 Å². The number of Topliss-reactive ketones (excluding diaryl/α,β-unsaturated/α-hetero) is 1. The summed E-state index contributed by atoms with van der Waals surface area (Å²) in [6, 6.07) is 7.28. The summed E-state index contributed by atoms with van der Waals surface area (Å²) in [7, 11) is 0. The van der Waals surface area contributed by atoms with E-state index < -0.39 is 0 Å². The summed E-state index contributed by atoms with van der Waals surface area (Å²) >= 11 is 5.41. The van der Waals surface area contributed by atoms with E-state index in [2.05, 4.69) is 4.98 Å². The Morgan fingerprint density at radius 2 is 2.38 bits per heavy atom. The number of para-hydroxylation sites is 1. The van der Waals surface area contributed by atoms with Crippen LogP contribution in [0.1, 0.15) is 16.2 Å². The van der Waals surface area contributed by atoms with Gasteiger partial charge in [-0.2, -0.15) is 5.26 Å². The molecular weight excluding hydrogens is 228 g/mol. The number of nitrogens with zero attached hydrogens (tertiary/aromatic N) is 2. The third-order valence-electron chi connectivity index (χ3n) is 2.13. The molecule has 0 saturated heterocycles. The van der Waals surface area contributed by atoms with Gasteiger partial charge in [-0.25, -0.2) is 4.98 Å². The average molecular weight is 235 g/mol. The van der Waals surface area contributed by atoms with Crippen LogP contribution >= 0.6 is 11.6 Å². The lowest BCUT2D eigenvalue weighted by Crippen LogP contribution is -1.99. The summed E-state index contributed by atoms with van der Waals surface area (Å²) in [6.07, 6.45) is 0.235. The number of carbonyl (C=O) groups excluding carboxylic acids is 1. The summed E-state index contributed by atoms with van der Waals surface area (Å²) in [4.78, 5) is 15.3. The molecule has 0 amide bonds. The molecular formula is C11H7ClN2O2. The fourth-order valence-corrected chi connectivity index (χ4v) is 1.52. The number of hydrogen-bond acceptors (Lipinski definition) is 4. The largest absolute Gasteiger partial charge is 0.434 e. The topological polar surface area (TPSA) is 66.9 Å². The second kappa shape index (κ2) is 4.33. The Balaban J connectivity index is 2.57. The molecule has 1 heterocycles. The van der Waals surface area contributed by atoms with Crippen molar-refractivity contribution in [3.63, 3.8) is 0 Å². The van der Waals surface area contributed by atoms with Crippen molar-refractivity contribution in [2.45, 2.75) is 6.42 Å². The third-order valence-corrected chi connectivity index (χ3v) is 2.37. The number of benzene rings is 1. The van der Waals surface area contributed by atoms with E-state index in [0.29, 0.717) is 11.1 Å². The molecule has 0 aliphatic rings. The fraction of sp³-hybridized carbons (Fsp3) is 0.182. The first-order valence-electron chi connectivity index (χ1n) is 4.61. The van der Waals surface area contributed by atoms with E-state index >= 15 is 0 Å². The second-order valence-corrected chi connectivity index (χ2v) is 3.44. The van der Waals surface area contributed by atoms with Crippen molar-refractivity contribution >= 4 is 28.5 Å². The zero-order valence-electron chi connectivity index (χ0n) is 8.24. The van der Waals surface area contributed by atoms with Crippen molar-refractivity contribution in [2.24, 2.45) is 0 Å². The molecule has 4 nitrogen and oxygen atoms in total. The highest BCUT2D eigenvalue weighted by atomic mass is 35.5. The molecule has 0 unspecified atom stereocenters. The lowest BCUT2D eigenvalue weighted by Gasteiger charge is -1.92. The van der Waals surface area contributed by atoms with Crippen molar-refractivity contribution < 1.29 is 9.21 Å². The molecule has 5 heteroatoms. The average Bonchev–Trinajstić information content (AvgIpc) is 2.73. The van der Waals surface area contributed by atoms with Gasteiger partial charge < -0.3 is 4.42 Å². The zero-order chi connectivity index (χ0) is 11.5. The summed E-state index contributed by atoms with van der Waals surface area (Å²) in [5.41, 5.74) is 1.80. The first-order valence-corrected chi connectivity index (χ1v) is 5.14. The fourth-order valence-electron chi connectivity index (χ4n) is 1.41. The highest BCUT2D eigenvalue weighted by Gasteiger charge is 2.14. The number of carbonyl (C=O) groups is 1. The van der Waals surface area contributed by atoms with Crippen molar-refractivity contribution in [1.82, 2.24) is 4.98 Å². The normalized spacial score (nSPS) is 10.2. The maximum atomic E-state index is 11.3. The maximum absolute atomic E-state index is 11.3. The van der Waals surface area contributed by atoms with Crippen LogP contribution in [0.3, 0.4) is 0 Å². The standard InChI is InChI=1S/C11H7ClN2O2/c12-6-8(15)11-14-10-7(4-5-13)2-1-3-9(10)16-11/h1-3H,4,6H2. The summed E-state index contributed by atoms with van der Waals surface area (Å²) < 4.78 is 5.25. The second-order valence-electron chi connectivity index (χ2n) is 3.17. The van der Waals surface area contributed by atoms with Crippen molar-refractivity contribution in [3.8, 4) is 6.07 Å². The molecule has 0 atom stereocenters. The molecule has 16 heavy (non-hydrogen) atoms. The van der Waals surface area contributed by atoms with Crippen LogP contribution in [0, 0.1) is 11.3 Å². The Bertz CT molecular complexity index is 583. The first-order chi connectivity index (χ1) is 7.76. The van der Waals surface area contributed by atoms with Crippen LogP contribution < -0.4 is 0 Å². The van der Waals surface area contributed by atoms with Gasteiger partial charge in [0.1, 0.15) is 5.52 Å². The SMILES string of the molecule is N#CCc1cccc2oc(C(=O)CCl)nc12. The van der Waals surface area contributed by atoms with Crippen LogP contribution in [0.15, 0.2) is 22.6 Å². The summed E-state index contributed by atoms with van der Waals surface area (Å²) in [5.74, 6) is -0.531. The number of aromatic nitrogens is 1. The zero-order valence-corrected chi connectivity index (χ0v) is 8.99. The van der Waals surface area contributed by atoms with Gasteiger partial charge in [-0.1, -0.05) is 12.1 Å². The molecule has 1 aromatic heterocycles. The van der Waals surface area contributed by atoms with E-state index in [0.717, 1.165) is 5.56 Å². The minimum Gasteiger partial charge on any atom is -0.434 e. The highest BCUT2D eigenvalue weighted by Crippen LogP contribution is 2.20. The van der Waals surface area contributed by atoms with E-state index in [9.17, 15) is 4.79 Å². The van der Waals surface area contributed by atoms with Crippen molar-refractivity contribution in [2.75, 3.05) is 5.88 Å². The number of alkyl halides is 1. The van der Waals surface area contributed by atoms with Crippen molar-refractivity contribution in [3.05, 3.63) is 29.7 Å². The minimum atomic E-state index is -0.360. The van der Waals surface area contributed by atoms with Crippen LogP contribution in [0.25, 0.3) is 11.1 Å². The Morgan fingerprint density at radius 1 is 1.56 bits per heavy atom. The van der Waals surface area contributed by atoms with Gasteiger partial charge in [0, 0.05) is 0 Å². The van der Waals surface area contributed by atoms with Gasteiger partial charge in [0.2, 0.25) is 5.78 Å². The number of ketones is 1. The van der Waals surface area contributed by atoms with Gasteiger partial charge in [0.25, 0.3) is 5.89 Å². The smallest absolute Gasteiger partial charge is 0.265 e. The van der Waals surface area contributed by atoms with E-state index in [-0.39, 0.29) is 24.0 Å². The predicted molar refractivity (Wildman–Crippen MR) is 58.4 cm³/mol. The molecule has 2 aromatic rings. The number of nitriles is 1. The minimum absolute atomic E-state index is 0.00427. The van der Waals surface area contributed by atoms with Crippen LogP contribution in [0.2, 0.25) is 0 Å². The number of rotatable bonds is 3. The van der Waals surface area contributed by atoms with E-state index in [1.54, 1.807) is 18.2 Å². The molecule has 80 valence electrons. The molecule has 1 aromatic carbocycles. The Morgan fingerprint density at radius 3 is 3.06 bits per heavy atom. The molecule has 0 radical (unpaired) electrons. The number of hydrogen-bond donors (Lipinski definition) is 0. The highest BCUT2D eigenvalue weighted by molar-refractivity contribution is 6.29. The molecule has 0 bridgehead atoms. The van der Waals surface area contributed by atoms with Crippen molar-refractivity contribution in [1.29, 1.82) is 5.26 Å². The first kappa shape index (κ1) is 10.7. The molecule has 0 aliphatic carbocycles. The third kappa shape index (κ3) is 1.77. The number of halogens is 1. The van der Waals surface area contributed by atoms with Gasteiger partial charge in [-0.3, -0.25) is 4.79 Å². The van der Waals surface area contributed by atoms with E-state index in [1.165, 1.54) is 0 Å². The molecule has 2 rings (SSSR count). The van der Waals surface area contributed by atoms with Crippen LogP contribution in [0.4, 0.5) is 0 Å². The lowest BCUT2D eigenvalue weighted by molar-refractivity contribution is 0.0986. The van der Waals surface area contributed by atoms with Crippen LogP contribution in [-0.2, 0) is 6.42 Å². The molecule has 0 fully saturated rings. The monoisotopic (exact) mass is 234 g/mol. The molecule has 0 spiro atoms. The lowest BCUT2D eigenvalue weighted by atomic mass is 10.1. The van der Waals surface area contributed by atoms with Gasteiger partial charge in [0.15, 0.2) is 5.58 Å². The Labute approximate surface area is 96.4 Å². The summed E-state index contributed by atoms with van der Waals surface area (Å²) in [5, 5.41) is 8.64. The molecule has 0 N–H and O–H groups in total. The predicted octanol–water partition coefficient (Wildman–Crippen LogP) is 2.32. The Hall–Kier alpha value is -1.86. The van der Waals surface area contributed by atoms with Crippen LogP contribution in [0.5, 0.6) is 0 Å². The van der Waals surface area contributed by atoms with E-state index in [1.807, 2.05) is 6.07 Å². The van der Waals surface area contributed by atoms with Gasteiger partial charge in [-0.15, -0.1) is 11.6 Å². The summed E-state index contributed by atoms with van der Waals surface area (Å²) in [6.45, 7) is 0.